The van der Waals surface area contributed by atoms with Crippen LogP contribution in [0, 0.1) is 5.41 Å². The Morgan fingerprint density at radius 1 is 1.03 bits per heavy atom. The van der Waals surface area contributed by atoms with Gasteiger partial charge in [0, 0.05) is 34.9 Å². The summed E-state index contributed by atoms with van der Waals surface area (Å²) in [7, 11) is 0. The number of hydrogen-bond acceptors (Lipinski definition) is 3. The standard InChI is InChI=1S/C23H24ClN3O2/c1-23(2)11-13-27(14-12-23)18-9-5-16(6-10-18)21-25-19(20(26-21)22(28)29)15-3-7-17(24)8-4-15/h3-10H,11-14H2,1-2H3,(H,25,26)(H,28,29). The maximum absolute atomic E-state index is 11.7. The van der Waals surface area contributed by atoms with E-state index >= 15 is 0 Å². The fraction of sp³-hybridized carbons (Fsp3) is 0.304. The van der Waals surface area contributed by atoms with E-state index in [0.29, 0.717) is 22.0 Å². The van der Waals surface area contributed by atoms with Gasteiger partial charge in [0.15, 0.2) is 5.69 Å². The first-order valence-corrected chi connectivity index (χ1v) is 10.1. The molecule has 0 radical (unpaired) electrons. The van der Waals surface area contributed by atoms with E-state index in [4.69, 9.17) is 11.6 Å². The monoisotopic (exact) mass is 409 g/mol. The van der Waals surface area contributed by atoms with Gasteiger partial charge in [-0.05, 0) is 54.7 Å². The summed E-state index contributed by atoms with van der Waals surface area (Å²) in [6.07, 6.45) is 2.36. The maximum atomic E-state index is 11.7. The molecular weight excluding hydrogens is 386 g/mol. The Balaban J connectivity index is 1.61. The average molecular weight is 410 g/mol. The quantitative estimate of drug-likeness (QED) is 0.578. The number of hydrogen-bond donors (Lipinski definition) is 2. The normalized spacial score (nSPS) is 16.0. The van der Waals surface area contributed by atoms with Crippen LogP contribution in [-0.2, 0) is 0 Å². The zero-order valence-corrected chi connectivity index (χ0v) is 17.3. The Morgan fingerprint density at radius 2 is 1.62 bits per heavy atom. The Kier molecular flexibility index (Phi) is 5.09. The predicted molar refractivity (Wildman–Crippen MR) is 117 cm³/mol. The lowest BCUT2D eigenvalue weighted by Crippen LogP contribution is -2.37. The van der Waals surface area contributed by atoms with E-state index in [1.807, 2.05) is 12.1 Å². The second-order valence-corrected chi connectivity index (χ2v) is 8.76. The SMILES string of the molecule is CC1(C)CCN(c2ccc(-c3nc(C(=O)O)c(-c4ccc(Cl)cc4)[nH]3)cc2)CC1. The van der Waals surface area contributed by atoms with Crippen molar-refractivity contribution in [1.29, 1.82) is 0 Å². The van der Waals surface area contributed by atoms with Gasteiger partial charge >= 0.3 is 5.97 Å². The number of nitrogens with zero attached hydrogens (tertiary/aromatic N) is 2. The van der Waals surface area contributed by atoms with Gasteiger partial charge in [-0.3, -0.25) is 0 Å². The van der Waals surface area contributed by atoms with Gasteiger partial charge in [-0.25, -0.2) is 9.78 Å². The van der Waals surface area contributed by atoms with Crippen molar-refractivity contribution in [3.8, 4) is 22.6 Å². The van der Waals surface area contributed by atoms with Crippen molar-refractivity contribution < 1.29 is 9.90 Å². The first kappa shape index (κ1) is 19.5. The molecule has 1 saturated heterocycles. The van der Waals surface area contributed by atoms with E-state index in [9.17, 15) is 9.90 Å². The molecule has 0 spiro atoms. The summed E-state index contributed by atoms with van der Waals surface area (Å²) in [5.41, 5.74) is 3.67. The largest absolute Gasteiger partial charge is 0.476 e. The van der Waals surface area contributed by atoms with Crippen molar-refractivity contribution in [2.24, 2.45) is 5.41 Å². The molecule has 2 aromatic carbocycles. The van der Waals surface area contributed by atoms with Crippen molar-refractivity contribution in [3.05, 3.63) is 59.2 Å². The molecule has 150 valence electrons. The first-order chi connectivity index (χ1) is 13.8. The first-order valence-electron chi connectivity index (χ1n) is 9.77. The van der Waals surface area contributed by atoms with Gasteiger partial charge in [0.2, 0.25) is 0 Å². The van der Waals surface area contributed by atoms with Gasteiger partial charge in [-0.15, -0.1) is 0 Å². The highest BCUT2D eigenvalue weighted by molar-refractivity contribution is 6.30. The van der Waals surface area contributed by atoms with Gasteiger partial charge < -0.3 is 15.0 Å². The van der Waals surface area contributed by atoms with Crippen molar-refractivity contribution >= 4 is 23.3 Å². The molecule has 3 aromatic rings. The molecule has 5 nitrogen and oxygen atoms in total. The molecule has 0 saturated carbocycles. The number of rotatable bonds is 4. The van der Waals surface area contributed by atoms with Crippen LogP contribution >= 0.6 is 11.6 Å². The van der Waals surface area contributed by atoms with Gasteiger partial charge in [0.1, 0.15) is 5.82 Å². The van der Waals surface area contributed by atoms with Crippen LogP contribution in [0.5, 0.6) is 0 Å². The second kappa shape index (κ2) is 7.56. The molecule has 1 aromatic heterocycles. The number of carbonyl (C=O) groups is 1. The summed E-state index contributed by atoms with van der Waals surface area (Å²) < 4.78 is 0. The van der Waals surface area contributed by atoms with Crippen LogP contribution in [0.2, 0.25) is 5.02 Å². The van der Waals surface area contributed by atoms with Crippen molar-refractivity contribution in [2.45, 2.75) is 26.7 Å². The zero-order valence-electron chi connectivity index (χ0n) is 16.6. The lowest BCUT2D eigenvalue weighted by molar-refractivity contribution is 0.0692. The second-order valence-electron chi connectivity index (χ2n) is 8.32. The molecule has 4 rings (SSSR count). The molecule has 2 N–H and O–H groups in total. The van der Waals surface area contributed by atoms with E-state index in [1.54, 1.807) is 24.3 Å². The Morgan fingerprint density at radius 3 is 2.21 bits per heavy atom. The smallest absolute Gasteiger partial charge is 0.356 e. The van der Waals surface area contributed by atoms with Crippen LogP contribution in [0.3, 0.4) is 0 Å². The highest BCUT2D eigenvalue weighted by atomic mass is 35.5. The highest BCUT2D eigenvalue weighted by Crippen LogP contribution is 2.33. The number of aromatic amines is 1. The number of halogens is 1. The van der Waals surface area contributed by atoms with Crippen molar-refractivity contribution in [2.75, 3.05) is 18.0 Å². The van der Waals surface area contributed by atoms with Crippen LogP contribution in [0.15, 0.2) is 48.5 Å². The summed E-state index contributed by atoms with van der Waals surface area (Å²) in [5.74, 6) is -0.524. The van der Waals surface area contributed by atoms with Gasteiger partial charge in [0.05, 0.1) is 5.69 Å². The van der Waals surface area contributed by atoms with Gasteiger partial charge in [-0.1, -0.05) is 37.6 Å². The van der Waals surface area contributed by atoms with Crippen LogP contribution in [0.25, 0.3) is 22.6 Å². The van der Waals surface area contributed by atoms with Crippen LogP contribution in [0.1, 0.15) is 37.2 Å². The molecule has 1 fully saturated rings. The lowest BCUT2D eigenvalue weighted by atomic mass is 9.82. The molecule has 6 heteroatoms. The number of piperidine rings is 1. The number of aromatic carboxylic acids is 1. The van der Waals surface area contributed by atoms with E-state index in [0.717, 1.165) is 24.2 Å². The topological polar surface area (TPSA) is 69.2 Å². The molecular formula is C23H24ClN3O2. The molecule has 0 amide bonds. The van der Waals surface area contributed by atoms with E-state index in [2.05, 4.69) is 40.8 Å². The molecule has 0 atom stereocenters. The number of aromatic nitrogens is 2. The fourth-order valence-corrected chi connectivity index (χ4v) is 3.82. The van der Waals surface area contributed by atoms with E-state index in [1.165, 1.54) is 18.5 Å². The summed E-state index contributed by atoms with van der Waals surface area (Å²) >= 11 is 5.95. The molecule has 29 heavy (non-hydrogen) atoms. The summed E-state index contributed by atoms with van der Waals surface area (Å²) in [5, 5.41) is 10.2. The zero-order chi connectivity index (χ0) is 20.6. The lowest BCUT2D eigenvalue weighted by Gasteiger charge is -2.38. The Labute approximate surface area is 175 Å². The van der Waals surface area contributed by atoms with Gasteiger partial charge in [-0.2, -0.15) is 0 Å². The third-order valence-electron chi connectivity index (χ3n) is 5.66. The van der Waals surface area contributed by atoms with Gasteiger partial charge in [0.25, 0.3) is 0 Å². The van der Waals surface area contributed by atoms with Crippen molar-refractivity contribution in [3.63, 3.8) is 0 Å². The maximum Gasteiger partial charge on any atom is 0.356 e. The van der Waals surface area contributed by atoms with Crippen LogP contribution < -0.4 is 4.90 Å². The summed E-state index contributed by atoms with van der Waals surface area (Å²) in [6, 6.07) is 15.2. The number of imidazole rings is 1. The number of carboxylic acid groups (broad SMARTS) is 1. The molecule has 0 aliphatic carbocycles. The minimum atomic E-state index is -1.06. The van der Waals surface area contributed by atoms with E-state index in [-0.39, 0.29) is 5.69 Å². The molecule has 0 bridgehead atoms. The minimum absolute atomic E-state index is 0.00432. The third-order valence-corrected chi connectivity index (χ3v) is 5.91. The predicted octanol–water partition coefficient (Wildman–Crippen LogP) is 5.72. The summed E-state index contributed by atoms with van der Waals surface area (Å²) in [6.45, 7) is 6.75. The number of nitrogens with one attached hydrogen (secondary N) is 1. The molecule has 1 aliphatic heterocycles. The molecule has 1 aliphatic rings. The Bertz CT molecular complexity index is 1010. The number of benzene rings is 2. The highest BCUT2D eigenvalue weighted by Gasteiger charge is 2.25. The van der Waals surface area contributed by atoms with Crippen LogP contribution in [-0.4, -0.2) is 34.1 Å². The van der Waals surface area contributed by atoms with E-state index < -0.39 is 5.97 Å². The fourth-order valence-electron chi connectivity index (χ4n) is 3.69. The van der Waals surface area contributed by atoms with Crippen LogP contribution in [0.4, 0.5) is 5.69 Å². The molecule has 2 heterocycles. The molecule has 0 unspecified atom stereocenters. The minimum Gasteiger partial charge on any atom is -0.476 e. The average Bonchev–Trinajstić information content (AvgIpc) is 3.14. The number of H-pyrrole nitrogens is 1. The summed E-state index contributed by atoms with van der Waals surface area (Å²) in [4.78, 5) is 21.6. The number of carboxylic acids is 1. The number of anilines is 1. The third kappa shape index (κ3) is 4.15. The Hall–Kier alpha value is -2.79. The van der Waals surface area contributed by atoms with Crippen molar-refractivity contribution in [1.82, 2.24) is 9.97 Å².